The first kappa shape index (κ1) is 18.8. The molecule has 3 rings (SSSR count). The van der Waals surface area contributed by atoms with Gasteiger partial charge in [0.1, 0.15) is 11.5 Å². The Hall–Kier alpha value is -3.02. The number of nitrogens with one attached hydrogen (secondary N) is 1. The van der Waals surface area contributed by atoms with Crippen molar-refractivity contribution in [1.29, 1.82) is 0 Å². The number of hydrogen-bond acceptors (Lipinski definition) is 4. The van der Waals surface area contributed by atoms with Gasteiger partial charge >= 0.3 is 6.09 Å². The summed E-state index contributed by atoms with van der Waals surface area (Å²) in [7, 11) is 1.39. The molecule has 2 aromatic rings. The van der Waals surface area contributed by atoms with E-state index in [-0.39, 0.29) is 12.0 Å². The standard InChI is InChI=1S/C21H24N2O4/c1-26-21(25)23-13-11-16(12-14-23)15-22-20(24)17-7-9-19(10-8-17)27-18-5-3-2-4-6-18/h2-10,16H,11-15H2,1H3,(H,22,24). The molecule has 27 heavy (non-hydrogen) atoms. The molecule has 1 aliphatic heterocycles. The molecule has 0 radical (unpaired) electrons. The maximum atomic E-state index is 12.3. The van der Waals surface area contributed by atoms with Gasteiger partial charge < -0.3 is 19.7 Å². The maximum Gasteiger partial charge on any atom is 0.409 e. The number of rotatable bonds is 5. The van der Waals surface area contributed by atoms with Crippen LogP contribution in [0.4, 0.5) is 4.79 Å². The van der Waals surface area contributed by atoms with Crippen LogP contribution in [-0.4, -0.2) is 43.6 Å². The van der Waals surface area contributed by atoms with Crippen LogP contribution >= 0.6 is 0 Å². The highest BCUT2D eigenvalue weighted by atomic mass is 16.5. The summed E-state index contributed by atoms with van der Waals surface area (Å²) in [4.78, 5) is 25.5. The highest BCUT2D eigenvalue weighted by molar-refractivity contribution is 5.94. The van der Waals surface area contributed by atoms with E-state index in [1.165, 1.54) is 7.11 Å². The molecule has 6 heteroatoms. The Morgan fingerprint density at radius 3 is 2.26 bits per heavy atom. The molecule has 0 aromatic heterocycles. The van der Waals surface area contributed by atoms with Crippen LogP contribution in [0.5, 0.6) is 11.5 Å². The van der Waals surface area contributed by atoms with Crippen LogP contribution in [0.2, 0.25) is 0 Å². The summed E-state index contributed by atoms with van der Waals surface area (Å²) in [6, 6.07) is 16.6. The normalized spacial score (nSPS) is 14.5. The van der Waals surface area contributed by atoms with Gasteiger partial charge in [-0.15, -0.1) is 0 Å². The van der Waals surface area contributed by atoms with E-state index >= 15 is 0 Å². The molecular formula is C21H24N2O4. The number of benzene rings is 2. The van der Waals surface area contributed by atoms with Gasteiger partial charge in [-0.3, -0.25) is 4.79 Å². The molecule has 1 fully saturated rings. The Bertz CT molecular complexity index is 754. The second kappa shape index (κ2) is 9.07. The van der Waals surface area contributed by atoms with Crippen LogP contribution in [0.1, 0.15) is 23.2 Å². The maximum absolute atomic E-state index is 12.3. The molecule has 1 aliphatic rings. The fraction of sp³-hybridized carbons (Fsp3) is 0.333. The molecule has 0 bridgehead atoms. The zero-order valence-electron chi connectivity index (χ0n) is 15.4. The minimum absolute atomic E-state index is 0.100. The molecule has 1 N–H and O–H groups in total. The molecule has 0 atom stereocenters. The minimum Gasteiger partial charge on any atom is -0.457 e. The van der Waals surface area contributed by atoms with Gasteiger partial charge in [-0.25, -0.2) is 4.79 Å². The van der Waals surface area contributed by atoms with Crippen LogP contribution in [-0.2, 0) is 4.74 Å². The molecule has 2 aromatic carbocycles. The lowest BCUT2D eigenvalue weighted by Gasteiger charge is -2.30. The van der Waals surface area contributed by atoms with Gasteiger partial charge in [0.25, 0.3) is 5.91 Å². The number of ether oxygens (including phenoxy) is 2. The fourth-order valence-corrected chi connectivity index (χ4v) is 3.09. The average Bonchev–Trinajstić information content (AvgIpc) is 2.73. The Morgan fingerprint density at radius 1 is 1.00 bits per heavy atom. The summed E-state index contributed by atoms with van der Waals surface area (Å²) in [6.45, 7) is 1.94. The molecule has 0 saturated carbocycles. The topological polar surface area (TPSA) is 67.9 Å². The van der Waals surface area contributed by atoms with E-state index in [1.807, 2.05) is 30.3 Å². The van der Waals surface area contributed by atoms with Crippen molar-refractivity contribution in [2.75, 3.05) is 26.7 Å². The van der Waals surface area contributed by atoms with Gasteiger partial charge in [-0.1, -0.05) is 18.2 Å². The molecular weight excluding hydrogens is 344 g/mol. The van der Waals surface area contributed by atoms with Gasteiger partial charge in [-0.05, 0) is 55.2 Å². The van der Waals surface area contributed by atoms with Crippen molar-refractivity contribution in [1.82, 2.24) is 10.2 Å². The molecule has 0 aliphatic carbocycles. The van der Waals surface area contributed by atoms with Crippen molar-refractivity contribution in [2.45, 2.75) is 12.8 Å². The van der Waals surface area contributed by atoms with E-state index in [1.54, 1.807) is 29.2 Å². The van der Waals surface area contributed by atoms with Crippen molar-refractivity contribution in [3.05, 3.63) is 60.2 Å². The van der Waals surface area contributed by atoms with Crippen molar-refractivity contribution < 1.29 is 19.1 Å². The summed E-state index contributed by atoms with van der Waals surface area (Å²) in [6.07, 6.45) is 1.44. The average molecular weight is 368 g/mol. The lowest BCUT2D eigenvalue weighted by Crippen LogP contribution is -2.41. The van der Waals surface area contributed by atoms with Gasteiger partial charge in [0, 0.05) is 25.2 Å². The number of carbonyl (C=O) groups is 2. The van der Waals surface area contributed by atoms with Crippen molar-refractivity contribution in [3.63, 3.8) is 0 Å². The van der Waals surface area contributed by atoms with E-state index in [0.29, 0.717) is 36.9 Å². The quantitative estimate of drug-likeness (QED) is 0.874. The highest BCUT2D eigenvalue weighted by Crippen LogP contribution is 2.21. The lowest BCUT2D eigenvalue weighted by molar-refractivity contribution is 0.0914. The second-order valence-corrected chi connectivity index (χ2v) is 6.55. The first-order chi connectivity index (χ1) is 13.2. The number of nitrogens with zero attached hydrogens (tertiary/aromatic N) is 1. The number of likely N-dealkylation sites (tertiary alicyclic amines) is 1. The predicted octanol–water partition coefficient (Wildman–Crippen LogP) is 3.69. The molecule has 1 saturated heterocycles. The number of para-hydroxylation sites is 1. The second-order valence-electron chi connectivity index (χ2n) is 6.55. The first-order valence-electron chi connectivity index (χ1n) is 9.10. The number of methoxy groups -OCH3 is 1. The monoisotopic (exact) mass is 368 g/mol. The summed E-state index contributed by atoms with van der Waals surface area (Å²) < 4.78 is 10.5. The van der Waals surface area contributed by atoms with Gasteiger partial charge in [0.2, 0.25) is 0 Å². The number of hydrogen-bond donors (Lipinski definition) is 1. The number of piperidine rings is 1. The summed E-state index contributed by atoms with van der Waals surface area (Å²) in [5.41, 5.74) is 0.599. The van der Waals surface area contributed by atoms with Gasteiger partial charge in [-0.2, -0.15) is 0 Å². The van der Waals surface area contributed by atoms with Crippen molar-refractivity contribution in [2.24, 2.45) is 5.92 Å². The Labute approximate surface area is 159 Å². The zero-order valence-corrected chi connectivity index (χ0v) is 15.4. The summed E-state index contributed by atoms with van der Waals surface area (Å²) in [5, 5.41) is 2.98. The van der Waals surface area contributed by atoms with Gasteiger partial charge in [0.15, 0.2) is 0 Å². The summed E-state index contributed by atoms with van der Waals surface area (Å²) in [5.74, 6) is 1.72. The van der Waals surface area contributed by atoms with Crippen LogP contribution in [0.25, 0.3) is 0 Å². The molecule has 1 heterocycles. The Balaban J connectivity index is 1.45. The number of amides is 2. The Morgan fingerprint density at radius 2 is 1.63 bits per heavy atom. The molecule has 0 unspecified atom stereocenters. The van der Waals surface area contributed by atoms with Crippen LogP contribution < -0.4 is 10.1 Å². The predicted molar refractivity (Wildman–Crippen MR) is 102 cm³/mol. The van der Waals surface area contributed by atoms with Crippen LogP contribution in [0, 0.1) is 5.92 Å². The van der Waals surface area contributed by atoms with Crippen molar-refractivity contribution in [3.8, 4) is 11.5 Å². The van der Waals surface area contributed by atoms with Crippen molar-refractivity contribution >= 4 is 12.0 Å². The molecule has 0 spiro atoms. The number of carbonyl (C=O) groups excluding carboxylic acids is 2. The minimum atomic E-state index is -0.282. The van der Waals surface area contributed by atoms with E-state index in [9.17, 15) is 9.59 Å². The third-order valence-electron chi connectivity index (χ3n) is 4.69. The van der Waals surface area contributed by atoms with E-state index < -0.39 is 0 Å². The molecule has 2 amide bonds. The summed E-state index contributed by atoms with van der Waals surface area (Å²) >= 11 is 0. The van der Waals surface area contributed by atoms with Crippen LogP contribution in [0.15, 0.2) is 54.6 Å². The highest BCUT2D eigenvalue weighted by Gasteiger charge is 2.23. The zero-order chi connectivity index (χ0) is 19.1. The smallest absolute Gasteiger partial charge is 0.409 e. The Kier molecular flexibility index (Phi) is 6.30. The lowest BCUT2D eigenvalue weighted by atomic mass is 9.97. The van der Waals surface area contributed by atoms with E-state index in [0.717, 1.165) is 18.6 Å². The van der Waals surface area contributed by atoms with E-state index in [2.05, 4.69) is 5.32 Å². The third kappa shape index (κ3) is 5.23. The first-order valence-corrected chi connectivity index (χ1v) is 9.10. The van der Waals surface area contributed by atoms with Crippen LogP contribution in [0.3, 0.4) is 0 Å². The largest absolute Gasteiger partial charge is 0.457 e. The fourth-order valence-electron chi connectivity index (χ4n) is 3.09. The molecule has 6 nitrogen and oxygen atoms in total. The van der Waals surface area contributed by atoms with Gasteiger partial charge in [0.05, 0.1) is 7.11 Å². The van der Waals surface area contributed by atoms with E-state index in [4.69, 9.17) is 9.47 Å². The SMILES string of the molecule is COC(=O)N1CCC(CNC(=O)c2ccc(Oc3ccccc3)cc2)CC1. The molecule has 142 valence electrons. The third-order valence-corrected chi connectivity index (χ3v) is 4.69.